The van der Waals surface area contributed by atoms with Gasteiger partial charge in [0.05, 0.1) is 25.8 Å². The van der Waals surface area contributed by atoms with Crippen LogP contribution in [0.1, 0.15) is 22.7 Å². The van der Waals surface area contributed by atoms with Crippen LogP contribution >= 0.6 is 39.1 Å². The zero-order valence-electron chi connectivity index (χ0n) is 19.4. The van der Waals surface area contributed by atoms with E-state index in [4.69, 9.17) is 32.7 Å². The van der Waals surface area contributed by atoms with E-state index in [1.54, 1.807) is 62.8 Å². The van der Waals surface area contributed by atoms with Gasteiger partial charge < -0.3 is 19.5 Å². The SMILES string of the molecule is COc1ccc(CCN2C(=O)C(=O)/C(=C(\O)c3ccc(Br)cc3)C2c2ccc(Cl)cc2Cl)cc1OC. The van der Waals surface area contributed by atoms with Gasteiger partial charge in [0.15, 0.2) is 11.5 Å². The average molecular weight is 591 g/mol. The molecule has 0 aromatic heterocycles. The lowest BCUT2D eigenvalue weighted by Gasteiger charge is -2.26. The molecular weight excluding hydrogens is 569 g/mol. The van der Waals surface area contributed by atoms with Crippen molar-refractivity contribution in [1.29, 1.82) is 0 Å². The van der Waals surface area contributed by atoms with Gasteiger partial charge in [0.1, 0.15) is 5.76 Å². The van der Waals surface area contributed by atoms with Crippen molar-refractivity contribution in [3.63, 3.8) is 0 Å². The van der Waals surface area contributed by atoms with Gasteiger partial charge in [-0.3, -0.25) is 9.59 Å². The minimum Gasteiger partial charge on any atom is -0.507 e. The Hall–Kier alpha value is -3.00. The Morgan fingerprint density at radius 2 is 1.67 bits per heavy atom. The number of halogens is 3. The Bertz CT molecular complexity index is 1360. The number of carbonyl (C=O) groups excluding carboxylic acids is 2. The third-order valence-corrected chi connectivity index (χ3v) is 7.10. The van der Waals surface area contributed by atoms with E-state index in [0.717, 1.165) is 10.0 Å². The second kappa shape index (κ2) is 10.9. The molecular formula is C27H22BrCl2NO5. The van der Waals surface area contributed by atoms with E-state index >= 15 is 0 Å². The number of hydrogen-bond acceptors (Lipinski definition) is 5. The molecule has 6 nitrogen and oxygen atoms in total. The van der Waals surface area contributed by atoms with Crippen LogP contribution in [-0.2, 0) is 16.0 Å². The molecule has 1 heterocycles. The Morgan fingerprint density at radius 1 is 0.972 bits per heavy atom. The number of nitrogens with zero attached hydrogens (tertiary/aromatic N) is 1. The summed E-state index contributed by atoms with van der Waals surface area (Å²) in [6.07, 6.45) is 0.424. The number of amides is 1. The van der Waals surface area contributed by atoms with Crippen LogP contribution in [0.15, 0.2) is 70.7 Å². The van der Waals surface area contributed by atoms with Gasteiger partial charge in [0.2, 0.25) is 0 Å². The second-order valence-electron chi connectivity index (χ2n) is 8.10. The van der Waals surface area contributed by atoms with Crippen molar-refractivity contribution in [3.8, 4) is 11.5 Å². The first kappa shape index (κ1) is 26.1. The summed E-state index contributed by atoms with van der Waals surface area (Å²) in [4.78, 5) is 27.9. The third kappa shape index (κ3) is 5.09. The average Bonchev–Trinajstić information content (AvgIpc) is 3.12. The number of benzene rings is 3. The van der Waals surface area contributed by atoms with E-state index in [1.165, 1.54) is 4.90 Å². The number of methoxy groups -OCH3 is 2. The smallest absolute Gasteiger partial charge is 0.295 e. The summed E-state index contributed by atoms with van der Waals surface area (Å²) in [5.74, 6) is -0.622. The van der Waals surface area contributed by atoms with Crippen molar-refractivity contribution < 1.29 is 24.2 Å². The summed E-state index contributed by atoms with van der Waals surface area (Å²) < 4.78 is 11.5. The normalized spacial score (nSPS) is 16.9. The van der Waals surface area contributed by atoms with E-state index in [0.29, 0.717) is 34.1 Å². The number of ether oxygens (including phenoxy) is 2. The maximum atomic E-state index is 13.2. The lowest BCUT2D eigenvalue weighted by Crippen LogP contribution is -2.31. The molecule has 1 aliphatic rings. The van der Waals surface area contributed by atoms with Crippen molar-refractivity contribution in [2.24, 2.45) is 0 Å². The van der Waals surface area contributed by atoms with E-state index in [-0.39, 0.29) is 22.9 Å². The third-order valence-electron chi connectivity index (χ3n) is 6.00. The van der Waals surface area contributed by atoms with Crippen molar-refractivity contribution in [3.05, 3.63) is 97.4 Å². The van der Waals surface area contributed by atoms with Gasteiger partial charge in [-0.15, -0.1) is 0 Å². The highest BCUT2D eigenvalue weighted by Gasteiger charge is 2.46. The molecule has 4 rings (SSSR count). The topological polar surface area (TPSA) is 76.1 Å². The molecule has 1 amide bonds. The minimum absolute atomic E-state index is 0.0288. The molecule has 1 saturated heterocycles. The molecule has 0 spiro atoms. The van der Waals surface area contributed by atoms with Crippen LogP contribution < -0.4 is 9.47 Å². The summed E-state index contributed by atoms with van der Waals surface area (Å²) in [5, 5.41) is 11.9. The molecule has 1 fully saturated rings. The van der Waals surface area contributed by atoms with Crippen LogP contribution in [0.5, 0.6) is 11.5 Å². The zero-order valence-corrected chi connectivity index (χ0v) is 22.5. The van der Waals surface area contributed by atoms with Gasteiger partial charge in [-0.05, 0) is 53.9 Å². The number of hydrogen-bond donors (Lipinski definition) is 1. The monoisotopic (exact) mass is 589 g/mol. The van der Waals surface area contributed by atoms with Crippen molar-refractivity contribution >= 4 is 56.6 Å². The molecule has 0 saturated carbocycles. The molecule has 186 valence electrons. The highest BCUT2D eigenvalue weighted by atomic mass is 79.9. The zero-order chi connectivity index (χ0) is 26.0. The van der Waals surface area contributed by atoms with Gasteiger partial charge >= 0.3 is 0 Å². The van der Waals surface area contributed by atoms with Crippen LogP contribution in [-0.4, -0.2) is 42.5 Å². The van der Waals surface area contributed by atoms with Crippen molar-refractivity contribution in [1.82, 2.24) is 4.90 Å². The van der Waals surface area contributed by atoms with Gasteiger partial charge in [0, 0.05) is 26.6 Å². The summed E-state index contributed by atoms with van der Waals surface area (Å²) in [7, 11) is 3.10. The van der Waals surface area contributed by atoms with Gasteiger partial charge in [0.25, 0.3) is 11.7 Å². The van der Waals surface area contributed by atoms with Crippen LogP contribution in [0.25, 0.3) is 5.76 Å². The van der Waals surface area contributed by atoms with Gasteiger partial charge in [-0.25, -0.2) is 0 Å². The number of carbonyl (C=O) groups is 2. The first-order valence-corrected chi connectivity index (χ1v) is 12.5. The first-order chi connectivity index (χ1) is 17.2. The Balaban J connectivity index is 1.77. The second-order valence-corrected chi connectivity index (χ2v) is 9.86. The molecule has 1 atom stereocenters. The lowest BCUT2D eigenvalue weighted by atomic mass is 9.95. The fourth-order valence-electron chi connectivity index (χ4n) is 4.21. The largest absolute Gasteiger partial charge is 0.507 e. The van der Waals surface area contributed by atoms with Crippen molar-refractivity contribution in [2.45, 2.75) is 12.5 Å². The summed E-state index contributed by atoms with van der Waals surface area (Å²) in [5.41, 5.74) is 1.75. The molecule has 3 aromatic carbocycles. The minimum atomic E-state index is -0.890. The highest BCUT2D eigenvalue weighted by Crippen LogP contribution is 2.42. The standard InChI is InChI=1S/C27H22BrCl2NO5/c1-35-21-10-3-15(13-22(21)36-2)11-12-31-24(19-9-8-18(29)14-20(19)30)23(26(33)27(31)34)25(32)16-4-6-17(28)7-5-16/h3-10,13-14,24,32H,11-12H2,1-2H3/b25-23-. The van der Waals surface area contributed by atoms with Gasteiger partial charge in [-0.2, -0.15) is 0 Å². The quantitative estimate of drug-likeness (QED) is 0.195. The predicted octanol–water partition coefficient (Wildman–Crippen LogP) is 6.44. The summed E-state index contributed by atoms with van der Waals surface area (Å²) >= 11 is 16.0. The molecule has 9 heteroatoms. The van der Waals surface area contributed by atoms with E-state index in [1.807, 2.05) is 12.1 Å². The molecule has 1 unspecified atom stereocenters. The number of Topliss-reactive ketones (excluding diaryl/α,β-unsaturated/α-hetero) is 1. The molecule has 1 aliphatic heterocycles. The van der Waals surface area contributed by atoms with E-state index in [9.17, 15) is 14.7 Å². The lowest BCUT2D eigenvalue weighted by molar-refractivity contribution is -0.139. The summed E-state index contributed by atoms with van der Waals surface area (Å²) in [6, 6.07) is 16.2. The Labute approximate surface area is 227 Å². The number of ketones is 1. The summed E-state index contributed by atoms with van der Waals surface area (Å²) in [6.45, 7) is 0.195. The van der Waals surface area contributed by atoms with Crippen LogP contribution in [0.3, 0.4) is 0 Å². The highest BCUT2D eigenvalue weighted by molar-refractivity contribution is 9.10. The van der Waals surface area contributed by atoms with Crippen LogP contribution in [0, 0.1) is 0 Å². The maximum absolute atomic E-state index is 13.2. The van der Waals surface area contributed by atoms with Crippen molar-refractivity contribution in [2.75, 3.05) is 20.8 Å². The molecule has 36 heavy (non-hydrogen) atoms. The molecule has 1 N–H and O–H groups in total. The fourth-order valence-corrected chi connectivity index (χ4v) is 4.98. The number of aliphatic hydroxyl groups is 1. The molecule has 3 aromatic rings. The van der Waals surface area contributed by atoms with E-state index in [2.05, 4.69) is 15.9 Å². The Morgan fingerprint density at radius 3 is 2.31 bits per heavy atom. The maximum Gasteiger partial charge on any atom is 0.295 e. The van der Waals surface area contributed by atoms with Gasteiger partial charge in [-0.1, -0.05) is 63.4 Å². The van der Waals surface area contributed by atoms with E-state index < -0.39 is 17.7 Å². The van der Waals surface area contributed by atoms with Crippen LogP contribution in [0.2, 0.25) is 10.0 Å². The fraction of sp³-hybridized carbons (Fsp3) is 0.185. The molecule has 0 aliphatic carbocycles. The van der Waals surface area contributed by atoms with Crippen LogP contribution in [0.4, 0.5) is 0 Å². The molecule has 0 bridgehead atoms. The molecule has 0 radical (unpaired) electrons. The Kier molecular flexibility index (Phi) is 7.93. The number of aliphatic hydroxyl groups excluding tert-OH is 1. The number of likely N-dealkylation sites (tertiary alicyclic amines) is 1. The predicted molar refractivity (Wildman–Crippen MR) is 143 cm³/mol. The first-order valence-electron chi connectivity index (χ1n) is 10.9. The number of rotatable bonds is 7.